The van der Waals surface area contributed by atoms with Crippen LogP contribution in [0.3, 0.4) is 0 Å². The molecule has 0 radical (unpaired) electrons. The average molecular weight is 257 g/mol. The zero-order valence-corrected chi connectivity index (χ0v) is 9.84. The first-order valence-electron chi connectivity index (χ1n) is 4.64. The highest BCUT2D eigenvalue weighted by atomic mass is 79.9. The molecule has 1 saturated heterocycles. The number of phenols is 1. The molecule has 1 aromatic carbocycles. The van der Waals surface area contributed by atoms with E-state index in [-0.39, 0.29) is 11.7 Å². The summed E-state index contributed by atoms with van der Waals surface area (Å²) in [6.45, 7) is 4.13. The van der Waals surface area contributed by atoms with E-state index in [0.717, 1.165) is 16.5 Å². The number of halogens is 1. The molecule has 1 aliphatic rings. The molecule has 76 valence electrons. The maximum absolute atomic E-state index is 9.65. The van der Waals surface area contributed by atoms with Gasteiger partial charge in [0.25, 0.3) is 0 Å². The molecule has 1 heterocycles. The number of benzene rings is 1. The Morgan fingerprint density at radius 3 is 2.64 bits per heavy atom. The quantitative estimate of drug-likeness (QED) is 0.826. The van der Waals surface area contributed by atoms with Gasteiger partial charge in [-0.1, -0.05) is 22.0 Å². The van der Waals surface area contributed by atoms with Crippen molar-refractivity contribution in [2.75, 3.05) is 0 Å². The first kappa shape index (κ1) is 9.99. The van der Waals surface area contributed by atoms with E-state index >= 15 is 0 Å². The Balaban J connectivity index is 2.11. The van der Waals surface area contributed by atoms with Crippen molar-refractivity contribution in [2.24, 2.45) is 0 Å². The summed E-state index contributed by atoms with van der Waals surface area (Å²) in [5.41, 5.74) is 0.934. The van der Waals surface area contributed by atoms with Crippen LogP contribution in [0, 0.1) is 0 Å². The normalized spacial score (nSPS) is 23.5. The van der Waals surface area contributed by atoms with Gasteiger partial charge < -0.3 is 9.84 Å². The van der Waals surface area contributed by atoms with E-state index in [2.05, 4.69) is 29.8 Å². The van der Waals surface area contributed by atoms with E-state index in [9.17, 15) is 5.11 Å². The molecular formula is C11H13BrO2. The molecule has 1 atom stereocenters. The molecule has 3 heteroatoms. The van der Waals surface area contributed by atoms with Crippen molar-refractivity contribution in [1.29, 1.82) is 0 Å². The van der Waals surface area contributed by atoms with Crippen LogP contribution >= 0.6 is 15.9 Å². The highest BCUT2D eigenvalue weighted by Crippen LogP contribution is 2.39. The van der Waals surface area contributed by atoms with E-state index in [1.807, 2.05) is 12.1 Å². The van der Waals surface area contributed by atoms with Crippen molar-refractivity contribution in [3.63, 3.8) is 0 Å². The van der Waals surface area contributed by atoms with Gasteiger partial charge in [-0.05, 0) is 31.5 Å². The van der Waals surface area contributed by atoms with E-state index in [1.165, 1.54) is 0 Å². The molecule has 1 fully saturated rings. The van der Waals surface area contributed by atoms with E-state index in [4.69, 9.17) is 4.74 Å². The first-order valence-corrected chi connectivity index (χ1v) is 5.43. The summed E-state index contributed by atoms with van der Waals surface area (Å²) in [4.78, 5) is 0. The van der Waals surface area contributed by atoms with Crippen molar-refractivity contribution < 1.29 is 9.84 Å². The standard InChI is InChI=1S/C11H13BrO2/c1-11(2)10(14-11)5-7-3-4-8(12)6-9(7)13/h3-4,6,10,13H,5H2,1-2H3/t10-/m0/s1. The first-order chi connectivity index (χ1) is 6.49. The Bertz CT molecular complexity index is 360. The zero-order chi connectivity index (χ0) is 10.3. The molecule has 1 aliphatic heterocycles. The summed E-state index contributed by atoms with van der Waals surface area (Å²) >= 11 is 3.31. The molecule has 0 saturated carbocycles. The van der Waals surface area contributed by atoms with Gasteiger partial charge in [-0.25, -0.2) is 0 Å². The van der Waals surface area contributed by atoms with Gasteiger partial charge in [0.15, 0.2) is 0 Å². The molecule has 0 aromatic heterocycles. The Labute approximate surface area is 92.0 Å². The van der Waals surface area contributed by atoms with E-state index in [1.54, 1.807) is 6.07 Å². The summed E-state index contributed by atoms with van der Waals surface area (Å²) < 4.78 is 6.37. The van der Waals surface area contributed by atoms with Gasteiger partial charge in [0.05, 0.1) is 11.7 Å². The smallest absolute Gasteiger partial charge is 0.119 e. The Hall–Kier alpha value is -0.540. The van der Waals surface area contributed by atoms with Gasteiger partial charge in [0, 0.05) is 10.9 Å². The number of rotatable bonds is 2. The largest absolute Gasteiger partial charge is 0.508 e. The molecule has 1 N–H and O–H groups in total. The summed E-state index contributed by atoms with van der Waals surface area (Å²) in [5.74, 6) is 0.339. The fourth-order valence-corrected chi connectivity index (χ4v) is 1.88. The molecule has 0 unspecified atom stereocenters. The molecule has 2 nitrogen and oxygen atoms in total. The maximum atomic E-state index is 9.65. The van der Waals surface area contributed by atoms with Crippen molar-refractivity contribution in [3.05, 3.63) is 28.2 Å². The lowest BCUT2D eigenvalue weighted by Crippen LogP contribution is -2.05. The third-order valence-corrected chi connectivity index (χ3v) is 3.11. The molecule has 0 spiro atoms. The number of epoxide rings is 1. The molecule has 2 rings (SSSR count). The number of ether oxygens (including phenoxy) is 1. The highest BCUT2D eigenvalue weighted by molar-refractivity contribution is 9.10. The molecular weight excluding hydrogens is 244 g/mol. The van der Waals surface area contributed by atoms with Gasteiger partial charge in [-0.15, -0.1) is 0 Å². The zero-order valence-electron chi connectivity index (χ0n) is 8.25. The topological polar surface area (TPSA) is 32.8 Å². The van der Waals surface area contributed by atoms with Crippen LogP contribution in [0.25, 0.3) is 0 Å². The molecule has 0 aliphatic carbocycles. The van der Waals surface area contributed by atoms with Crippen LogP contribution in [0.1, 0.15) is 19.4 Å². The van der Waals surface area contributed by atoms with Crippen molar-refractivity contribution in [2.45, 2.75) is 32.0 Å². The van der Waals surface area contributed by atoms with Crippen LogP contribution in [0.15, 0.2) is 22.7 Å². The second-order valence-corrected chi connectivity index (χ2v) is 5.10. The van der Waals surface area contributed by atoms with Crippen LogP contribution in [0.5, 0.6) is 5.75 Å². The second-order valence-electron chi connectivity index (χ2n) is 4.19. The fraction of sp³-hybridized carbons (Fsp3) is 0.455. The second kappa shape index (κ2) is 3.24. The lowest BCUT2D eigenvalue weighted by molar-refractivity contribution is 0.322. The maximum Gasteiger partial charge on any atom is 0.119 e. The minimum absolute atomic E-state index is 0.0144. The summed E-state index contributed by atoms with van der Waals surface area (Å²) in [5, 5.41) is 9.65. The van der Waals surface area contributed by atoms with Crippen LogP contribution in [0.2, 0.25) is 0 Å². The predicted octanol–water partition coefficient (Wildman–Crippen LogP) is 2.87. The third-order valence-electron chi connectivity index (χ3n) is 2.62. The summed E-state index contributed by atoms with van der Waals surface area (Å²) in [6, 6.07) is 5.58. The van der Waals surface area contributed by atoms with E-state index < -0.39 is 0 Å². The number of hydrogen-bond donors (Lipinski definition) is 1. The Morgan fingerprint density at radius 1 is 1.50 bits per heavy atom. The van der Waals surface area contributed by atoms with Crippen LogP contribution in [-0.2, 0) is 11.2 Å². The van der Waals surface area contributed by atoms with E-state index in [0.29, 0.717) is 5.75 Å². The average Bonchev–Trinajstić information content (AvgIpc) is 2.65. The molecule has 0 bridgehead atoms. The van der Waals surface area contributed by atoms with Crippen LogP contribution in [0.4, 0.5) is 0 Å². The SMILES string of the molecule is CC1(C)O[C@H]1Cc1ccc(Br)cc1O. The van der Waals surface area contributed by atoms with Crippen LogP contribution < -0.4 is 0 Å². The molecule has 14 heavy (non-hydrogen) atoms. The molecule has 1 aromatic rings. The minimum atomic E-state index is -0.0144. The molecule has 0 amide bonds. The number of phenolic OH excluding ortho intramolecular Hbond substituents is 1. The number of hydrogen-bond acceptors (Lipinski definition) is 2. The van der Waals surface area contributed by atoms with Crippen molar-refractivity contribution in [3.8, 4) is 5.75 Å². The lowest BCUT2D eigenvalue weighted by Gasteiger charge is -2.03. The van der Waals surface area contributed by atoms with Gasteiger partial charge in [-0.3, -0.25) is 0 Å². The summed E-state index contributed by atoms with van der Waals surface area (Å²) in [6.07, 6.45) is 1.03. The van der Waals surface area contributed by atoms with Crippen molar-refractivity contribution >= 4 is 15.9 Å². The Morgan fingerprint density at radius 2 is 2.14 bits per heavy atom. The third kappa shape index (κ3) is 1.93. The highest BCUT2D eigenvalue weighted by Gasteiger charge is 2.47. The van der Waals surface area contributed by atoms with Gasteiger partial charge >= 0.3 is 0 Å². The monoisotopic (exact) mass is 256 g/mol. The van der Waals surface area contributed by atoms with Crippen molar-refractivity contribution in [1.82, 2.24) is 0 Å². The Kier molecular flexibility index (Phi) is 2.32. The minimum Gasteiger partial charge on any atom is -0.508 e. The summed E-state index contributed by atoms with van der Waals surface area (Å²) in [7, 11) is 0. The van der Waals surface area contributed by atoms with Gasteiger partial charge in [0.2, 0.25) is 0 Å². The lowest BCUT2D eigenvalue weighted by atomic mass is 10.0. The fourth-order valence-electron chi connectivity index (χ4n) is 1.53. The predicted molar refractivity (Wildman–Crippen MR) is 58.5 cm³/mol. The van der Waals surface area contributed by atoms with Gasteiger partial charge in [-0.2, -0.15) is 0 Å². The van der Waals surface area contributed by atoms with Gasteiger partial charge in [0.1, 0.15) is 5.75 Å². The van der Waals surface area contributed by atoms with Crippen LogP contribution in [-0.4, -0.2) is 16.8 Å². The number of aromatic hydroxyl groups is 1.